The van der Waals surface area contributed by atoms with Crippen LogP contribution in [-0.4, -0.2) is 22.1 Å². The van der Waals surface area contributed by atoms with Crippen LogP contribution in [0, 0.1) is 0 Å². The van der Waals surface area contributed by atoms with Crippen molar-refractivity contribution in [1.82, 2.24) is 15.0 Å². The first-order valence-electron chi connectivity index (χ1n) is 4.78. The number of thiophene rings is 1. The molecule has 3 aromatic rings. The summed E-state index contributed by atoms with van der Waals surface area (Å²) in [6.07, 6.45) is 1.57. The zero-order chi connectivity index (χ0) is 12.0. The van der Waals surface area contributed by atoms with Gasteiger partial charge >= 0.3 is 5.69 Å². The fourth-order valence-corrected chi connectivity index (χ4v) is 2.64. The molecule has 0 aliphatic rings. The van der Waals surface area contributed by atoms with Gasteiger partial charge in [0.2, 0.25) is 0 Å². The molecule has 0 saturated heterocycles. The smallest absolute Gasteiger partial charge is 0.326 e. The molecule has 0 spiro atoms. The first kappa shape index (κ1) is 12.6. The summed E-state index contributed by atoms with van der Waals surface area (Å²) in [4.78, 5) is 32.5. The molecular formula is C10H8ClN3O3S. The molecule has 6 nitrogen and oxygen atoms in total. The van der Waals surface area contributed by atoms with Crippen molar-refractivity contribution >= 4 is 44.2 Å². The average molecular weight is 286 g/mol. The molecule has 0 aliphatic heterocycles. The number of aromatic amines is 2. The van der Waals surface area contributed by atoms with Crippen molar-refractivity contribution in [2.45, 2.75) is 0 Å². The van der Waals surface area contributed by atoms with Crippen molar-refractivity contribution in [2.75, 3.05) is 7.11 Å². The molecule has 2 N–H and O–H groups in total. The summed E-state index contributed by atoms with van der Waals surface area (Å²) in [5.74, 6) is 0.582. The Morgan fingerprint density at radius 2 is 2.11 bits per heavy atom. The highest BCUT2D eigenvalue weighted by molar-refractivity contribution is 7.25. The molecule has 3 heterocycles. The maximum atomic E-state index is 11.6. The first-order chi connectivity index (χ1) is 8.19. The van der Waals surface area contributed by atoms with Crippen molar-refractivity contribution in [3.8, 4) is 5.75 Å². The van der Waals surface area contributed by atoms with E-state index in [-0.39, 0.29) is 12.4 Å². The number of halogens is 1. The van der Waals surface area contributed by atoms with Crippen LogP contribution >= 0.6 is 23.7 Å². The topological polar surface area (TPSA) is 87.8 Å². The Bertz CT molecular complexity index is 836. The van der Waals surface area contributed by atoms with Gasteiger partial charge in [0, 0.05) is 5.39 Å². The minimum Gasteiger partial charge on any atom is -0.495 e. The molecule has 3 rings (SSSR count). The summed E-state index contributed by atoms with van der Waals surface area (Å²) < 4.78 is 5.52. The van der Waals surface area contributed by atoms with Crippen LogP contribution in [0.15, 0.2) is 21.9 Å². The molecule has 18 heavy (non-hydrogen) atoms. The number of rotatable bonds is 1. The fourth-order valence-electron chi connectivity index (χ4n) is 1.66. The van der Waals surface area contributed by atoms with Gasteiger partial charge in [0.25, 0.3) is 5.56 Å². The molecule has 0 saturated carbocycles. The number of nitrogens with one attached hydrogen (secondary N) is 2. The van der Waals surface area contributed by atoms with E-state index in [1.54, 1.807) is 12.3 Å². The summed E-state index contributed by atoms with van der Waals surface area (Å²) in [5, 5.41) is 0.715. The second-order valence-electron chi connectivity index (χ2n) is 3.44. The van der Waals surface area contributed by atoms with E-state index in [1.165, 1.54) is 18.4 Å². The van der Waals surface area contributed by atoms with E-state index in [9.17, 15) is 9.59 Å². The number of nitrogens with zero attached hydrogens (tertiary/aromatic N) is 1. The molecule has 0 atom stereocenters. The van der Waals surface area contributed by atoms with Crippen LogP contribution in [0.1, 0.15) is 0 Å². The zero-order valence-electron chi connectivity index (χ0n) is 9.14. The number of H-pyrrole nitrogens is 2. The van der Waals surface area contributed by atoms with Crippen LogP contribution in [0.25, 0.3) is 20.4 Å². The fraction of sp³-hybridized carbons (Fsp3) is 0.100. The molecule has 0 radical (unpaired) electrons. The number of ether oxygens (including phenoxy) is 1. The Morgan fingerprint density at radius 1 is 1.33 bits per heavy atom. The Balaban J connectivity index is 0.00000120. The maximum Gasteiger partial charge on any atom is 0.326 e. The lowest BCUT2D eigenvalue weighted by molar-refractivity contribution is 0.414. The second kappa shape index (κ2) is 4.43. The molecule has 94 valence electrons. The van der Waals surface area contributed by atoms with Crippen molar-refractivity contribution in [3.05, 3.63) is 33.1 Å². The number of pyridine rings is 1. The van der Waals surface area contributed by atoms with Crippen LogP contribution in [-0.2, 0) is 0 Å². The van der Waals surface area contributed by atoms with Crippen molar-refractivity contribution in [2.24, 2.45) is 0 Å². The van der Waals surface area contributed by atoms with Crippen molar-refractivity contribution in [1.29, 1.82) is 0 Å². The van der Waals surface area contributed by atoms with Crippen molar-refractivity contribution < 1.29 is 4.74 Å². The number of methoxy groups -OCH3 is 1. The zero-order valence-corrected chi connectivity index (χ0v) is 10.8. The molecule has 0 fully saturated rings. The molecule has 0 amide bonds. The van der Waals surface area contributed by atoms with E-state index >= 15 is 0 Å². The lowest BCUT2D eigenvalue weighted by atomic mass is 10.3. The number of fused-ring (bicyclic) bond motifs is 3. The normalized spacial score (nSPS) is 10.5. The minimum absolute atomic E-state index is 0. The van der Waals surface area contributed by atoms with Gasteiger partial charge in [-0.05, 0) is 6.07 Å². The lowest BCUT2D eigenvalue weighted by Crippen LogP contribution is -2.20. The summed E-state index contributed by atoms with van der Waals surface area (Å²) in [5.41, 5.74) is -0.416. The van der Waals surface area contributed by atoms with E-state index < -0.39 is 11.2 Å². The van der Waals surface area contributed by atoms with Crippen molar-refractivity contribution in [3.63, 3.8) is 0 Å². The van der Waals surface area contributed by atoms with Gasteiger partial charge in [0.15, 0.2) is 0 Å². The van der Waals surface area contributed by atoms with Gasteiger partial charge in [-0.15, -0.1) is 23.7 Å². The van der Waals surface area contributed by atoms with Crippen LogP contribution in [0.2, 0.25) is 0 Å². The monoisotopic (exact) mass is 285 g/mol. The molecule has 0 aliphatic carbocycles. The summed E-state index contributed by atoms with van der Waals surface area (Å²) in [7, 11) is 1.53. The first-order valence-corrected chi connectivity index (χ1v) is 5.59. The summed E-state index contributed by atoms with van der Waals surface area (Å²) >= 11 is 1.24. The average Bonchev–Trinajstić information content (AvgIpc) is 2.67. The number of hydrogen-bond acceptors (Lipinski definition) is 5. The molecule has 0 aromatic carbocycles. The van der Waals surface area contributed by atoms with Crippen LogP contribution < -0.4 is 16.0 Å². The predicted molar refractivity (Wildman–Crippen MR) is 72.2 cm³/mol. The highest BCUT2D eigenvalue weighted by Crippen LogP contribution is 2.30. The Hall–Kier alpha value is -1.86. The summed E-state index contributed by atoms with van der Waals surface area (Å²) in [6, 6.07) is 1.75. The van der Waals surface area contributed by atoms with E-state index in [0.29, 0.717) is 26.2 Å². The van der Waals surface area contributed by atoms with Crippen LogP contribution in [0.4, 0.5) is 0 Å². The minimum atomic E-state index is -0.523. The third-order valence-electron chi connectivity index (χ3n) is 2.43. The van der Waals surface area contributed by atoms with Gasteiger partial charge in [0.05, 0.1) is 18.8 Å². The molecule has 8 heteroatoms. The summed E-state index contributed by atoms with van der Waals surface area (Å²) in [6.45, 7) is 0. The quantitative estimate of drug-likeness (QED) is 0.704. The predicted octanol–water partition coefficient (Wildman–Crippen LogP) is 1.26. The third-order valence-corrected chi connectivity index (χ3v) is 3.54. The van der Waals surface area contributed by atoms with Gasteiger partial charge in [-0.1, -0.05) is 0 Å². The Labute approximate surface area is 110 Å². The highest BCUT2D eigenvalue weighted by atomic mass is 35.5. The van der Waals surface area contributed by atoms with Gasteiger partial charge in [0.1, 0.15) is 15.3 Å². The Kier molecular flexibility index (Phi) is 3.10. The van der Waals surface area contributed by atoms with E-state index in [1.807, 2.05) is 0 Å². The van der Waals surface area contributed by atoms with E-state index in [0.717, 1.165) is 0 Å². The highest BCUT2D eigenvalue weighted by Gasteiger charge is 2.11. The van der Waals surface area contributed by atoms with Gasteiger partial charge in [-0.2, -0.15) is 0 Å². The molecule has 3 aromatic heterocycles. The Morgan fingerprint density at radius 3 is 2.83 bits per heavy atom. The molecule has 0 bridgehead atoms. The van der Waals surface area contributed by atoms with E-state index in [4.69, 9.17) is 4.74 Å². The second-order valence-corrected chi connectivity index (χ2v) is 4.44. The van der Waals surface area contributed by atoms with Crippen LogP contribution in [0.3, 0.4) is 0 Å². The molecular weight excluding hydrogens is 278 g/mol. The third kappa shape index (κ3) is 1.77. The lowest BCUT2D eigenvalue weighted by Gasteiger charge is -1.97. The maximum absolute atomic E-state index is 11.6. The SMILES string of the molecule is COc1cnc2sc3c(=O)[nH]c(=O)[nH]c3c2c1.Cl. The van der Waals surface area contributed by atoms with E-state index in [2.05, 4.69) is 15.0 Å². The van der Waals surface area contributed by atoms with Crippen LogP contribution in [0.5, 0.6) is 5.75 Å². The van der Waals surface area contributed by atoms with Gasteiger partial charge in [-0.25, -0.2) is 9.78 Å². The van der Waals surface area contributed by atoms with Gasteiger partial charge in [-0.3, -0.25) is 9.78 Å². The van der Waals surface area contributed by atoms with Gasteiger partial charge < -0.3 is 9.72 Å². The standard InChI is InChI=1S/C10H7N3O3S.ClH/c1-16-4-2-5-6-7(17-9(5)11-3-4)8(14)13-10(15)12-6;/h2-3H,1H3,(H2,12,13,14,15);1H. The largest absolute Gasteiger partial charge is 0.495 e. The molecule has 0 unspecified atom stereocenters. The number of aromatic nitrogens is 3. The number of hydrogen-bond donors (Lipinski definition) is 2.